The van der Waals surface area contributed by atoms with Gasteiger partial charge in [0.15, 0.2) is 5.75 Å². The minimum atomic E-state index is -0.644. The van der Waals surface area contributed by atoms with Gasteiger partial charge in [-0.15, -0.1) is 10.2 Å². The van der Waals surface area contributed by atoms with Crippen LogP contribution in [0.15, 0.2) is 35.3 Å². The van der Waals surface area contributed by atoms with Gasteiger partial charge in [-0.05, 0) is 51.8 Å². The fraction of sp³-hybridized carbons (Fsp3) is 0.519. The standard InChI is InChI=1S/C27H33FN6O5/c1-27(2,3)39-26(36)34(17-19-15-23-25(31-30-19)38-13-12-37-23)20-6-8-32(9-7-20)10-11-33-22-14-18(28)4-5-21(22)29-16-24(33)35/h4-5,14-16,20H,6-13,17H2,1-3H3. The monoisotopic (exact) mass is 540 g/mol. The number of nitrogens with zero attached hydrogens (tertiary/aromatic N) is 6. The molecular formula is C27H33FN6O5. The molecule has 39 heavy (non-hydrogen) atoms. The van der Waals surface area contributed by atoms with Gasteiger partial charge in [-0.1, -0.05) is 0 Å². The van der Waals surface area contributed by atoms with Crippen LogP contribution in [-0.2, 0) is 17.8 Å². The third-order valence-corrected chi connectivity index (χ3v) is 6.76. The topological polar surface area (TPSA) is 112 Å². The van der Waals surface area contributed by atoms with Gasteiger partial charge in [-0.2, -0.15) is 0 Å². The number of likely N-dealkylation sites (tertiary alicyclic amines) is 1. The predicted octanol–water partition coefficient (Wildman–Crippen LogP) is 3.00. The second kappa shape index (κ2) is 11.1. The van der Waals surface area contributed by atoms with Gasteiger partial charge in [0.05, 0.1) is 29.5 Å². The lowest BCUT2D eigenvalue weighted by Crippen LogP contribution is -2.49. The number of aromatic nitrogens is 4. The highest BCUT2D eigenvalue weighted by Gasteiger charge is 2.32. The number of hydrogen-bond acceptors (Lipinski definition) is 9. The zero-order valence-electron chi connectivity index (χ0n) is 22.4. The Balaban J connectivity index is 1.26. The minimum Gasteiger partial charge on any atom is -0.484 e. The molecule has 0 spiro atoms. The molecule has 2 aromatic heterocycles. The molecule has 5 rings (SSSR count). The molecule has 12 heteroatoms. The number of piperidine rings is 1. The second-order valence-corrected chi connectivity index (χ2v) is 10.8. The Labute approximate surface area is 225 Å². The van der Waals surface area contributed by atoms with Crippen molar-refractivity contribution in [3.63, 3.8) is 0 Å². The fourth-order valence-corrected chi connectivity index (χ4v) is 4.87. The highest BCUT2D eigenvalue weighted by Crippen LogP contribution is 2.28. The summed E-state index contributed by atoms with van der Waals surface area (Å²) in [6, 6.07) is 5.94. The average Bonchev–Trinajstić information content (AvgIpc) is 2.90. The quantitative estimate of drug-likeness (QED) is 0.466. The van der Waals surface area contributed by atoms with Crippen molar-refractivity contribution < 1.29 is 23.4 Å². The maximum absolute atomic E-state index is 13.9. The molecule has 2 aliphatic heterocycles. The van der Waals surface area contributed by atoms with Crippen LogP contribution < -0.4 is 15.0 Å². The number of carbonyl (C=O) groups excluding carboxylic acids is 1. The lowest BCUT2D eigenvalue weighted by atomic mass is 10.0. The van der Waals surface area contributed by atoms with Crippen molar-refractivity contribution in [2.45, 2.75) is 58.3 Å². The van der Waals surface area contributed by atoms with Crippen molar-refractivity contribution in [3.05, 3.63) is 52.3 Å². The van der Waals surface area contributed by atoms with Crippen molar-refractivity contribution in [1.82, 2.24) is 29.5 Å². The third-order valence-electron chi connectivity index (χ3n) is 6.76. The molecule has 1 fully saturated rings. The zero-order chi connectivity index (χ0) is 27.6. The first-order valence-corrected chi connectivity index (χ1v) is 13.2. The molecule has 2 aliphatic rings. The Kier molecular flexibility index (Phi) is 7.65. The summed E-state index contributed by atoms with van der Waals surface area (Å²) in [6.07, 6.45) is 2.30. The molecule has 0 radical (unpaired) electrons. The van der Waals surface area contributed by atoms with E-state index in [1.165, 1.54) is 18.3 Å². The lowest BCUT2D eigenvalue weighted by Gasteiger charge is -2.39. The summed E-state index contributed by atoms with van der Waals surface area (Å²) in [4.78, 5) is 33.8. The zero-order valence-corrected chi connectivity index (χ0v) is 22.4. The molecule has 0 unspecified atom stereocenters. The van der Waals surface area contributed by atoms with Crippen LogP contribution >= 0.6 is 0 Å². The van der Waals surface area contributed by atoms with Crippen LogP contribution in [0.4, 0.5) is 9.18 Å². The molecular weight excluding hydrogens is 507 g/mol. The van der Waals surface area contributed by atoms with Gasteiger partial charge in [0, 0.05) is 38.3 Å². The SMILES string of the molecule is CC(C)(C)OC(=O)N(Cc1cc2c(nn1)OCCO2)C1CCN(CCn2c(=O)cnc3ccc(F)cc32)CC1. The molecule has 3 aromatic rings. The average molecular weight is 541 g/mol. The van der Waals surface area contributed by atoms with Crippen molar-refractivity contribution in [1.29, 1.82) is 0 Å². The summed E-state index contributed by atoms with van der Waals surface area (Å²) < 4.78 is 32.2. The van der Waals surface area contributed by atoms with Gasteiger partial charge in [0.25, 0.3) is 11.4 Å². The van der Waals surface area contributed by atoms with Crippen LogP contribution in [0.25, 0.3) is 11.0 Å². The maximum atomic E-state index is 13.9. The molecule has 0 N–H and O–H groups in total. The Hall–Kier alpha value is -3.80. The minimum absolute atomic E-state index is 0.0651. The highest BCUT2D eigenvalue weighted by atomic mass is 19.1. The van der Waals surface area contributed by atoms with E-state index in [4.69, 9.17) is 14.2 Å². The summed E-state index contributed by atoms with van der Waals surface area (Å²) in [5, 5.41) is 8.35. The number of amides is 1. The van der Waals surface area contributed by atoms with Gasteiger partial charge in [-0.25, -0.2) is 14.2 Å². The number of rotatable bonds is 6. The largest absolute Gasteiger partial charge is 0.484 e. The highest BCUT2D eigenvalue weighted by molar-refractivity contribution is 5.74. The normalized spacial score (nSPS) is 16.3. The van der Waals surface area contributed by atoms with Crippen molar-refractivity contribution in [2.75, 3.05) is 32.8 Å². The molecule has 11 nitrogen and oxygen atoms in total. The van der Waals surface area contributed by atoms with Gasteiger partial charge >= 0.3 is 6.09 Å². The number of fused-ring (bicyclic) bond motifs is 2. The van der Waals surface area contributed by atoms with E-state index in [9.17, 15) is 14.0 Å². The first kappa shape index (κ1) is 26.8. The molecule has 4 heterocycles. The molecule has 0 atom stereocenters. The van der Waals surface area contributed by atoms with E-state index in [-0.39, 0.29) is 18.1 Å². The van der Waals surface area contributed by atoms with Crippen LogP contribution in [-0.4, -0.2) is 80.1 Å². The molecule has 1 amide bonds. The Morgan fingerprint density at radius 1 is 1.13 bits per heavy atom. The summed E-state index contributed by atoms with van der Waals surface area (Å²) in [6.45, 7) is 9.08. The Morgan fingerprint density at radius 2 is 1.90 bits per heavy atom. The number of halogens is 1. The summed E-state index contributed by atoms with van der Waals surface area (Å²) in [5.41, 5.74) is 0.733. The third kappa shape index (κ3) is 6.44. The summed E-state index contributed by atoms with van der Waals surface area (Å²) in [7, 11) is 0. The van der Waals surface area contributed by atoms with E-state index in [0.29, 0.717) is 54.7 Å². The second-order valence-electron chi connectivity index (χ2n) is 10.8. The van der Waals surface area contributed by atoms with Crippen LogP contribution in [0.2, 0.25) is 0 Å². The van der Waals surface area contributed by atoms with Crippen molar-refractivity contribution in [2.24, 2.45) is 0 Å². The van der Waals surface area contributed by atoms with E-state index in [2.05, 4.69) is 20.1 Å². The molecule has 0 aliphatic carbocycles. The Morgan fingerprint density at radius 3 is 2.67 bits per heavy atom. The summed E-state index contributed by atoms with van der Waals surface area (Å²) >= 11 is 0. The fourth-order valence-electron chi connectivity index (χ4n) is 4.87. The summed E-state index contributed by atoms with van der Waals surface area (Å²) in [5.74, 6) is 0.462. The van der Waals surface area contributed by atoms with E-state index in [1.807, 2.05) is 20.8 Å². The van der Waals surface area contributed by atoms with Gasteiger partial charge < -0.3 is 23.7 Å². The number of ether oxygens (including phenoxy) is 3. The first-order valence-electron chi connectivity index (χ1n) is 13.2. The van der Waals surface area contributed by atoms with Crippen LogP contribution in [0.3, 0.4) is 0 Å². The first-order chi connectivity index (χ1) is 18.7. The van der Waals surface area contributed by atoms with Crippen LogP contribution in [0.1, 0.15) is 39.3 Å². The van der Waals surface area contributed by atoms with E-state index < -0.39 is 17.5 Å². The van der Waals surface area contributed by atoms with E-state index >= 15 is 0 Å². The molecule has 1 saturated heterocycles. The van der Waals surface area contributed by atoms with Crippen LogP contribution in [0.5, 0.6) is 11.6 Å². The maximum Gasteiger partial charge on any atom is 0.410 e. The molecule has 1 aromatic carbocycles. The van der Waals surface area contributed by atoms with E-state index in [0.717, 1.165) is 25.9 Å². The van der Waals surface area contributed by atoms with Crippen molar-refractivity contribution in [3.8, 4) is 11.6 Å². The number of hydrogen-bond donors (Lipinski definition) is 0. The number of benzene rings is 1. The number of carbonyl (C=O) groups is 1. The molecule has 0 bridgehead atoms. The van der Waals surface area contributed by atoms with Gasteiger partial charge in [-0.3, -0.25) is 9.69 Å². The Bertz CT molecular complexity index is 1400. The lowest BCUT2D eigenvalue weighted by molar-refractivity contribution is 0.00521. The van der Waals surface area contributed by atoms with Gasteiger partial charge in [0.1, 0.15) is 24.6 Å². The van der Waals surface area contributed by atoms with Crippen molar-refractivity contribution >= 4 is 17.1 Å². The van der Waals surface area contributed by atoms with Crippen LogP contribution in [0, 0.1) is 5.82 Å². The molecule has 208 valence electrons. The van der Waals surface area contributed by atoms with E-state index in [1.54, 1.807) is 21.6 Å². The smallest absolute Gasteiger partial charge is 0.410 e. The molecule has 0 saturated carbocycles. The predicted molar refractivity (Wildman–Crippen MR) is 140 cm³/mol. The van der Waals surface area contributed by atoms with Gasteiger partial charge in [0.2, 0.25) is 0 Å².